The Hall–Kier alpha value is -2.43. The van der Waals surface area contributed by atoms with Gasteiger partial charge >= 0.3 is 0 Å². The smallest absolute Gasteiger partial charge is 0.270 e. The van der Waals surface area contributed by atoms with Gasteiger partial charge in [0.25, 0.3) is 5.91 Å². The summed E-state index contributed by atoms with van der Waals surface area (Å²) in [6.07, 6.45) is 2.43. The van der Waals surface area contributed by atoms with E-state index < -0.39 is 0 Å². The van der Waals surface area contributed by atoms with Crippen molar-refractivity contribution in [1.29, 1.82) is 0 Å². The molecule has 2 aromatic rings. The number of halogens is 1. The van der Waals surface area contributed by atoms with Gasteiger partial charge in [0, 0.05) is 12.1 Å². The van der Waals surface area contributed by atoms with Gasteiger partial charge in [-0.3, -0.25) is 4.79 Å². The second-order valence-corrected chi connectivity index (χ2v) is 6.44. The lowest BCUT2D eigenvalue weighted by molar-refractivity contribution is 0.0914. The van der Waals surface area contributed by atoms with Crippen LogP contribution < -0.4 is 10.6 Å². The van der Waals surface area contributed by atoms with E-state index in [0.29, 0.717) is 12.2 Å². The Morgan fingerprint density at radius 2 is 1.83 bits per heavy atom. The number of nitrogens with zero attached hydrogens (tertiary/aromatic N) is 1. The Morgan fingerprint density at radius 1 is 1.13 bits per heavy atom. The number of nitrogens with one attached hydrogen (secondary N) is 2. The summed E-state index contributed by atoms with van der Waals surface area (Å²) in [5, 5.41) is 6.11. The average molecular weight is 315 g/mol. The van der Waals surface area contributed by atoms with Gasteiger partial charge in [0.2, 0.25) is 0 Å². The van der Waals surface area contributed by atoms with Crippen LogP contribution in [0.25, 0.3) is 0 Å². The van der Waals surface area contributed by atoms with E-state index in [0.717, 1.165) is 17.7 Å². The van der Waals surface area contributed by atoms with Gasteiger partial charge < -0.3 is 10.6 Å². The highest BCUT2D eigenvalue weighted by Gasteiger charge is 2.15. The second-order valence-electron chi connectivity index (χ2n) is 6.44. The van der Waals surface area contributed by atoms with E-state index in [4.69, 9.17) is 0 Å². The molecular formula is C18H22FN3O. The minimum absolute atomic E-state index is 0.185. The Balaban J connectivity index is 1.85. The zero-order valence-electron chi connectivity index (χ0n) is 13.7. The van der Waals surface area contributed by atoms with Crippen LogP contribution >= 0.6 is 0 Å². The quantitative estimate of drug-likeness (QED) is 0.889. The van der Waals surface area contributed by atoms with Crippen molar-refractivity contribution in [3.8, 4) is 0 Å². The van der Waals surface area contributed by atoms with Crippen molar-refractivity contribution in [2.75, 3.05) is 11.9 Å². The first-order chi connectivity index (χ1) is 10.8. The normalized spacial score (nSPS) is 11.1. The molecule has 1 aromatic carbocycles. The first kappa shape index (κ1) is 16.9. The molecule has 0 atom stereocenters. The number of hydrogen-bond acceptors (Lipinski definition) is 3. The van der Waals surface area contributed by atoms with Crippen molar-refractivity contribution in [3.05, 3.63) is 59.7 Å². The lowest BCUT2D eigenvalue weighted by atomic mass is 10.1. The molecule has 1 heterocycles. The largest absolute Gasteiger partial charge is 0.383 e. The molecule has 122 valence electrons. The summed E-state index contributed by atoms with van der Waals surface area (Å²) in [6.45, 7) is 6.49. The molecule has 2 N–H and O–H groups in total. The van der Waals surface area contributed by atoms with Crippen LogP contribution in [0.3, 0.4) is 0 Å². The van der Waals surface area contributed by atoms with Gasteiger partial charge in [0.05, 0.1) is 11.9 Å². The van der Waals surface area contributed by atoms with Crippen LogP contribution in [0.4, 0.5) is 10.1 Å². The monoisotopic (exact) mass is 315 g/mol. The maximum Gasteiger partial charge on any atom is 0.270 e. The van der Waals surface area contributed by atoms with Crippen LogP contribution in [-0.4, -0.2) is 23.0 Å². The maximum absolute atomic E-state index is 12.8. The minimum atomic E-state index is -0.287. The molecule has 0 bridgehead atoms. The van der Waals surface area contributed by atoms with Crippen LogP contribution in [0.5, 0.6) is 0 Å². The van der Waals surface area contributed by atoms with Crippen molar-refractivity contribution in [2.24, 2.45) is 0 Å². The van der Waals surface area contributed by atoms with Gasteiger partial charge in [-0.25, -0.2) is 9.37 Å². The molecule has 0 saturated carbocycles. The molecule has 0 aliphatic carbocycles. The lowest BCUT2D eigenvalue weighted by Crippen LogP contribution is -2.40. The summed E-state index contributed by atoms with van der Waals surface area (Å²) in [6, 6.07) is 9.99. The third kappa shape index (κ3) is 5.70. The molecule has 5 heteroatoms. The highest BCUT2D eigenvalue weighted by Crippen LogP contribution is 2.09. The highest BCUT2D eigenvalue weighted by molar-refractivity contribution is 5.92. The maximum atomic E-state index is 12.8. The predicted molar refractivity (Wildman–Crippen MR) is 90.0 cm³/mol. The summed E-state index contributed by atoms with van der Waals surface area (Å²) in [4.78, 5) is 16.1. The van der Waals surface area contributed by atoms with E-state index in [9.17, 15) is 9.18 Å². The number of hydrogen-bond donors (Lipinski definition) is 2. The van der Waals surface area contributed by atoms with Gasteiger partial charge in [0.15, 0.2) is 0 Å². The summed E-state index contributed by atoms with van der Waals surface area (Å²) in [5.41, 5.74) is 2.02. The van der Waals surface area contributed by atoms with E-state index in [-0.39, 0.29) is 17.3 Å². The Morgan fingerprint density at radius 3 is 2.39 bits per heavy atom. The molecule has 0 aliphatic heterocycles. The number of pyridine rings is 1. The van der Waals surface area contributed by atoms with Crippen molar-refractivity contribution in [2.45, 2.75) is 32.7 Å². The Labute approximate surface area is 136 Å². The molecule has 0 fully saturated rings. The number of rotatable bonds is 5. The summed E-state index contributed by atoms with van der Waals surface area (Å²) < 4.78 is 12.8. The molecule has 2 rings (SSSR count). The first-order valence-electron chi connectivity index (χ1n) is 7.60. The fraction of sp³-hybridized carbons (Fsp3) is 0.333. The third-order valence-corrected chi connectivity index (χ3v) is 3.14. The Kier molecular flexibility index (Phi) is 5.32. The molecule has 1 amide bonds. The summed E-state index contributed by atoms with van der Waals surface area (Å²) in [7, 11) is 0. The molecule has 1 aromatic heterocycles. The van der Waals surface area contributed by atoms with Crippen molar-refractivity contribution < 1.29 is 9.18 Å². The number of carbonyl (C=O) groups excluding carboxylic acids is 1. The topological polar surface area (TPSA) is 54.0 Å². The minimum Gasteiger partial charge on any atom is -0.383 e. The molecule has 4 nitrogen and oxygen atoms in total. The molecule has 0 aliphatic rings. The molecule has 0 saturated heterocycles. The fourth-order valence-corrected chi connectivity index (χ4v) is 2.04. The molecule has 0 unspecified atom stereocenters. The van der Waals surface area contributed by atoms with Crippen molar-refractivity contribution >= 4 is 11.6 Å². The van der Waals surface area contributed by atoms with Gasteiger partial charge in [-0.05, 0) is 57.0 Å². The van der Waals surface area contributed by atoms with E-state index in [1.165, 1.54) is 12.1 Å². The van der Waals surface area contributed by atoms with E-state index in [1.54, 1.807) is 24.4 Å². The molecule has 0 spiro atoms. The first-order valence-corrected chi connectivity index (χ1v) is 7.60. The van der Waals surface area contributed by atoms with E-state index in [1.807, 2.05) is 26.8 Å². The molecular weight excluding hydrogens is 293 g/mol. The number of carbonyl (C=O) groups is 1. The van der Waals surface area contributed by atoms with Gasteiger partial charge in [0.1, 0.15) is 11.5 Å². The predicted octanol–water partition coefficient (Wildman–Crippen LogP) is 3.40. The highest BCUT2D eigenvalue weighted by atomic mass is 19.1. The third-order valence-electron chi connectivity index (χ3n) is 3.14. The van der Waals surface area contributed by atoms with Crippen LogP contribution in [0.15, 0.2) is 42.6 Å². The number of aromatic nitrogens is 1. The lowest BCUT2D eigenvalue weighted by Gasteiger charge is -2.20. The van der Waals surface area contributed by atoms with Crippen LogP contribution in [0.2, 0.25) is 0 Å². The Bertz CT molecular complexity index is 645. The van der Waals surface area contributed by atoms with Crippen LogP contribution in [0, 0.1) is 5.82 Å². The molecule has 0 radical (unpaired) electrons. The average Bonchev–Trinajstić information content (AvgIpc) is 2.48. The van der Waals surface area contributed by atoms with Crippen molar-refractivity contribution in [1.82, 2.24) is 10.3 Å². The van der Waals surface area contributed by atoms with E-state index >= 15 is 0 Å². The van der Waals surface area contributed by atoms with Gasteiger partial charge in [-0.2, -0.15) is 0 Å². The van der Waals surface area contributed by atoms with Gasteiger partial charge in [-0.15, -0.1) is 0 Å². The van der Waals surface area contributed by atoms with E-state index in [2.05, 4.69) is 15.6 Å². The zero-order chi connectivity index (χ0) is 16.9. The second kappa shape index (κ2) is 7.22. The van der Waals surface area contributed by atoms with Crippen LogP contribution in [-0.2, 0) is 6.42 Å². The zero-order valence-corrected chi connectivity index (χ0v) is 13.7. The summed E-state index contributed by atoms with van der Waals surface area (Å²) in [5.74, 6) is -0.412. The number of anilines is 1. The standard InChI is InChI=1S/C18H22FN3O/c1-18(2,3)22-17(23)16-9-8-15(12-21-16)20-11-10-13-4-6-14(19)7-5-13/h4-9,12,20H,10-11H2,1-3H3,(H,22,23). The number of amides is 1. The fourth-order valence-electron chi connectivity index (χ4n) is 2.04. The van der Waals surface area contributed by atoms with Crippen molar-refractivity contribution in [3.63, 3.8) is 0 Å². The van der Waals surface area contributed by atoms with Gasteiger partial charge in [-0.1, -0.05) is 12.1 Å². The SMILES string of the molecule is CC(C)(C)NC(=O)c1ccc(NCCc2ccc(F)cc2)cn1. The number of benzene rings is 1. The summed E-state index contributed by atoms with van der Waals surface area (Å²) >= 11 is 0. The molecule has 23 heavy (non-hydrogen) atoms. The van der Waals surface area contributed by atoms with Crippen LogP contribution in [0.1, 0.15) is 36.8 Å².